The number of methoxy groups -OCH3 is 1. The largest absolute Gasteiger partial charge is 0.465 e. The van der Waals surface area contributed by atoms with E-state index in [1.807, 2.05) is 0 Å². The number of carbonyl (C=O) groups excluding carboxylic acids is 2. The smallest absolute Gasteiger partial charge is 0.435 e. The quantitative estimate of drug-likeness (QED) is 0.678. The van der Waals surface area contributed by atoms with Gasteiger partial charge in [0, 0.05) is 0 Å². The first-order valence-corrected chi connectivity index (χ1v) is 4.70. The minimum atomic E-state index is -0.636. The molecule has 16 heavy (non-hydrogen) atoms. The van der Waals surface area contributed by atoms with Crippen LogP contribution in [0.4, 0.5) is 4.79 Å². The highest BCUT2D eigenvalue weighted by molar-refractivity contribution is 5.89. The van der Waals surface area contributed by atoms with E-state index < -0.39 is 17.7 Å². The topological polar surface area (TPSA) is 70.4 Å². The average molecular weight is 226 g/mol. The maximum Gasteiger partial charge on any atom is 0.435 e. The van der Waals surface area contributed by atoms with Gasteiger partial charge in [-0.25, -0.2) is 9.59 Å². The summed E-state index contributed by atoms with van der Waals surface area (Å²) in [5, 5.41) is 3.71. The number of rotatable bonds is 1. The van der Waals surface area contributed by atoms with E-state index in [2.05, 4.69) is 9.84 Å². The SMILES string of the molecule is COC(=O)c1cnn(C(=O)OC(C)(C)C)c1. The van der Waals surface area contributed by atoms with Gasteiger partial charge < -0.3 is 9.47 Å². The first-order valence-electron chi connectivity index (χ1n) is 4.70. The van der Waals surface area contributed by atoms with Crippen LogP contribution in [0.25, 0.3) is 0 Å². The lowest BCUT2D eigenvalue weighted by Gasteiger charge is -2.18. The predicted molar refractivity (Wildman–Crippen MR) is 55.2 cm³/mol. The number of ether oxygens (including phenoxy) is 2. The van der Waals surface area contributed by atoms with Crippen LogP contribution in [0.3, 0.4) is 0 Å². The molecule has 0 saturated heterocycles. The van der Waals surface area contributed by atoms with Crippen LogP contribution in [0, 0.1) is 0 Å². The van der Waals surface area contributed by atoms with Crippen molar-refractivity contribution in [3.63, 3.8) is 0 Å². The second kappa shape index (κ2) is 4.34. The van der Waals surface area contributed by atoms with Crippen LogP contribution in [0.1, 0.15) is 31.1 Å². The molecule has 6 heteroatoms. The van der Waals surface area contributed by atoms with Gasteiger partial charge in [-0.3, -0.25) is 0 Å². The lowest BCUT2D eigenvalue weighted by Crippen LogP contribution is -2.27. The van der Waals surface area contributed by atoms with Gasteiger partial charge in [0.1, 0.15) is 5.60 Å². The molecule has 0 radical (unpaired) electrons. The maximum absolute atomic E-state index is 11.5. The highest BCUT2D eigenvalue weighted by atomic mass is 16.6. The van der Waals surface area contributed by atoms with Crippen molar-refractivity contribution in [2.45, 2.75) is 26.4 Å². The maximum atomic E-state index is 11.5. The van der Waals surface area contributed by atoms with Gasteiger partial charge in [-0.15, -0.1) is 0 Å². The minimum Gasteiger partial charge on any atom is -0.465 e. The lowest BCUT2D eigenvalue weighted by molar-refractivity contribution is 0.0514. The molecule has 1 heterocycles. The Morgan fingerprint density at radius 1 is 1.38 bits per heavy atom. The molecular weight excluding hydrogens is 212 g/mol. The molecule has 1 aromatic heterocycles. The second-order valence-electron chi connectivity index (χ2n) is 4.15. The van der Waals surface area contributed by atoms with E-state index in [-0.39, 0.29) is 5.56 Å². The van der Waals surface area contributed by atoms with E-state index in [1.54, 1.807) is 20.8 Å². The Labute approximate surface area is 93.1 Å². The van der Waals surface area contributed by atoms with E-state index in [4.69, 9.17) is 4.74 Å². The normalized spacial score (nSPS) is 11.0. The van der Waals surface area contributed by atoms with E-state index in [9.17, 15) is 9.59 Å². The van der Waals surface area contributed by atoms with Crippen molar-refractivity contribution in [3.8, 4) is 0 Å². The molecule has 0 bridgehead atoms. The molecule has 0 fully saturated rings. The minimum absolute atomic E-state index is 0.202. The number of carbonyl (C=O) groups is 2. The van der Waals surface area contributed by atoms with Gasteiger partial charge in [-0.05, 0) is 20.8 Å². The van der Waals surface area contributed by atoms with E-state index in [0.29, 0.717) is 0 Å². The third-order valence-electron chi connectivity index (χ3n) is 1.58. The molecule has 0 N–H and O–H groups in total. The molecule has 1 rings (SSSR count). The van der Waals surface area contributed by atoms with E-state index >= 15 is 0 Å². The third kappa shape index (κ3) is 3.08. The fourth-order valence-corrected chi connectivity index (χ4v) is 0.955. The van der Waals surface area contributed by atoms with Gasteiger partial charge >= 0.3 is 12.1 Å². The monoisotopic (exact) mass is 226 g/mol. The molecule has 0 saturated carbocycles. The summed E-state index contributed by atoms with van der Waals surface area (Å²) < 4.78 is 10.5. The Morgan fingerprint density at radius 2 is 2.00 bits per heavy atom. The van der Waals surface area contributed by atoms with Crippen molar-refractivity contribution < 1.29 is 19.1 Å². The molecule has 88 valence electrons. The molecule has 0 aliphatic carbocycles. The standard InChI is InChI=1S/C10H14N2O4/c1-10(2,3)16-9(14)12-6-7(5-11-12)8(13)15-4/h5-6H,1-4H3. The number of nitrogens with zero attached hydrogens (tertiary/aromatic N) is 2. The average Bonchev–Trinajstić information content (AvgIpc) is 2.62. The summed E-state index contributed by atoms with van der Waals surface area (Å²) >= 11 is 0. The Balaban J connectivity index is 2.78. The molecule has 1 aromatic rings. The van der Waals surface area contributed by atoms with Gasteiger partial charge in [0.05, 0.1) is 25.1 Å². The van der Waals surface area contributed by atoms with E-state index in [0.717, 1.165) is 4.68 Å². The van der Waals surface area contributed by atoms with Crippen molar-refractivity contribution in [3.05, 3.63) is 18.0 Å². The van der Waals surface area contributed by atoms with Gasteiger partial charge in [0.15, 0.2) is 0 Å². The molecule has 0 spiro atoms. The van der Waals surface area contributed by atoms with Crippen molar-refractivity contribution in [1.82, 2.24) is 9.78 Å². The highest BCUT2D eigenvalue weighted by Gasteiger charge is 2.19. The van der Waals surface area contributed by atoms with Gasteiger partial charge in [0.2, 0.25) is 0 Å². The van der Waals surface area contributed by atoms with E-state index in [1.165, 1.54) is 19.5 Å². The second-order valence-corrected chi connectivity index (χ2v) is 4.15. The van der Waals surface area contributed by atoms with Crippen LogP contribution in [-0.2, 0) is 9.47 Å². The molecular formula is C10H14N2O4. The zero-order valence-corrected chi connectivity index (χ0v) is 9.68. The van der Waals surface area contributed by atoms with Crippen molar-refractivity contribution >= 4 is 12.1 Å². The number of aromatic nitrogens is 2. The molecule has 0 unspecified atom stereocenters. The van der Waals surface area contributed by atoms with Gasteiger partial charge in [-0.1, -0.05) is 0 Å². The van der Waals surface area contributed by atoms with Crippen LogP contribution >= 0.6 is 0 Å². The zero-order chi connectivity index (χ0) is 12.3. The van der Waals surface area contributed by atoms with Gasteiger partial charge in [0.25, 0.3) is 0 Å². The summed E-state index contributed by atoms with van der Waals surface area (Å²) in [6, 6.07) is 0. The van der Waals surface area contributed by atoms with Crippen LogP contribution < -0.4 is 0 Å². The number of esters is 1. The lowest BCUT2D eigenvalue weighted by atomic mass is 10.2. The Bertz CT molecular complexity index is 403. The molecule has 6 nitrogen and oxygen atoms in total. The first-order chi connectivity index (χ1) is 7.33. The summed E-state index contributed by atoms with van der Waals surface area (Å²) in [6.07, 6.45) is 1.87. The van der Waals surface area contributed by atoms with Crippen LogP contribution in [0.5, 0.6) is 0 Å². The fraction of sp³-hybridized carbons (Fsp3) is 0.500. The Morgan fingerprint density at radius 3 is 2.50 bits per heavy atom. The molecule has 0 aliphatic heterocycles. The fourth-order valence-electron chi connectivity index (χ4n) is 0.955. The van der Waals surface area contributed by atoms with Crippen molar-refractivity contribution in [2.24, 2.45) is 0 Å². The van der Waals surface area contributed by atoms with Crippen LogP contribution in [0.15, 0.2) is 12.4 Å². The number of hydrogen-bond acceptors (Lipinski definition) is 5. The Kier molecular flexibility index (Phi) is 3.31. The first kappa shape index (κ1) is 12.2. The zero-order valence-electron chi connectivity index (χ0n) is 9.68. The predicted octanol–water partition coefficient (Wildman–Crippen LogP) is 1.45. The van der Waals surface area contributed by atoms with Crippen molar-refractivity contribution in [1.29, 1.82) is 0 Å². The molecule has 0 amide bonds. The van der Waals surface area contributed by atoms with Crippen molar-refractivity contribution in [2.75, 3.05) is 7.11 Å². The van der Waals surface area contributed by atoms with Crippen LogP contribution in [-0.4, -0.2) is 34.6 Å². The van der Waals surface area contributed by atoms with Crippen LogP contribution in [0.2, 0.25) is 0 Å². The van der Waals surface area contributed by atoms with Gasteiger partial charge in [-0.2, -0.15) is 9.78 Å². The summed E-state index contributed by atoms with van der Waals surface area (Å²) in [5.41, 5.74) is -0.401. The summed E-state index contributed by atoms with van der Waals surface area (Å²) in [5.74, 6) is -0.546. The third-order valence-corrected chi connectivity index (χ3v) is 1.58. The molecule has 0 aromatic carbocycles. The Hall–Kier alpha value is -1.85. The molecule has 0 atom stereocenters. The highest BCUT2D eigenvalue weighted by Crippen LogP contribution is 2.09. The summed E-state index contributed by atoms with van der Waals surface area (Å²) in [6.45, 7) is 5.24. The summed E-state index contributed by atoms with van der Waals surface area (Å²) in [7, 11) is 1.26. The molecule has 0 aliphatic rings. The number of hydrogen-bond donors (Lipinski definition) is 0. The summed E-state index contributed by atoms with van der Waals surface area (Å²) in [4.78, 5) is 22.6.